The van der Waals surface area contributed by atoms with E-state index in [2.05, 4.69) is 31.9 Å². The number of anilines is 2. The van der Waals surface area contributed by atoms with Gasteiger partial charge in [0.2, 0.25) is 0 Å². The molecule has 0 spiro atoms. The minimum atomic E-state index is -1.40. The lowest BCUT2D eigenvalue weighted by Crippen LogP contribution is -2.18. The van der Waals surface area contributed by atoms with E-state index in [9.17, 15) is 19.2 Å². The number of rotatable bonds is 4. The van der Waals surface area contributed by atoms with Crippen LogP contribution >= 0.6 is 31.9 Å². The van der Waals surface area contributed by atoms with Gasteiger partial charge in [-0.3, -0.25) is 10.6 Å². The van der Waals surface area contributed by atoms with Gasteiger partial charge >= 0.3 is 24.1 Å². The molecule has 0 fully saturated rings. The van der Waals surface area contributed by atoms with E-state index in [0.29, 0.717) is 8.95 Å². The van der Waals surface area contributed by atoms with Crippen LogP contribution in [-0.4, -0.2) is 34.3 Å². The zero-order valence-corrected chi connectivity index (χ0v) is 16.3. The molecule has 0 atom stereocenters. The third-order valence-electron chi connectivity index (χ3n) is 3.07. The summed E-state index contributed by atoms with van der Waals surface area (Å²) in [6.45, 7) is 0. The van der Waals surface area contributed by atoms with Gasteiger partial charge in [0.1, 0.15) is 0 Å². The number of carbonyl (C=O) groups is 4. The van der Waals surface area contributed by atoms with Crippen LogP contribution in [0.5, 0.6) is 0 Å². The fraction of sp³-hybridized carbons (Fsp3) is 0. The summed E-state index contributed by atoms with van der Waals surface area (Å²) in [7, 11) is 0. The van der Waals surface area contributed by atoms with Crippen LogP contribution in [-0.2, 0) is 4.74 Å². The number of ether oxygens (including phenoxy) is 1. The van der Waals surface area contributed by atoms with Crippen LogP contribution in [0.25, 0.3) is 0 Å². The number of esters is 2. The molecule has 2 aromatic carbocycles. The molecule has 9 nitrogen and oxygen atoms in total. The third kappa shape index (κ3) is 5.53. The Bertz CT molecular complexity index is 871. The van der Waals surface area contributed by atoms with Crippen LogP contribution in [0, 0.1) is 0 Å². The Morgan fingerprint density at radius 2 is 1.11 bits per heavy atom. The summed E-state index contributed by atoms with van der Waals surface area (Å²) < 4.78 is 5.70. The van der Waals surface area contributed by atoms with Crippen LogP contribution in [0.15, 0.2) is 45.3 Å². The highest BCUT2D eigenvalue weighted by atomic mass is 79.9. The van der Waals surface area contributed by atoms with Crippen molar-refractivity contribution in [2.75, 3.05) is 10.6 Å². The molecule has 0 radical (unpaired) electrons. The molecule has 0 saturated carbocycles. The smallest absolute Gasteiger partial charge is 0.409 e. The highest BCUT2D eigenvalue weighted by Gasteiger charge is 2.22. The molecule has 0 saturated heterocycles. The van der Waals surface area contributed by atoms with Crippen molar-refractivity contribution in [2.24, 2.45) is 0 Å². The van der Waals surface area contributed by atoms with E-state index >= 15 is 0 Å². The second-order valence-corrected chi connectivity index (χ2v) is 6.75. The SMILES string of the molecule is O=C(O)Nc1ccc(Br)cc1C(=O)OC(=O)c1cc(Br)ccc1NC(=O)O. The highest BCUT2D eigenvalue weighted by molar-refractivity contribution is 9.10. The first-order chi connectivity index (χ1) is 12.7. The number of nitrogens with one attached hydrogen (secondary N) is 2. The summed E-state index contributed by atoms with van der Waals surface area (Å²) >= 11 is 6.28. The standard InChI is InChI=1S/C16H10Br2N2O7/c17-7-1-3-11(19-15(23)24)9(5-7)13(21)27-14(22)10-6-8(18)2-4-12(10)20-16(25)26/h1-6,19-20H,(H,23,24)(H,25,26). The van der Waals surface area contributed by atoms with Crippen molar-refractivity contribution < 1.29 is 34.1 Å². The molecule has 2 rings (SSSR count). The predicted molar refractivity (Wildman–Crippen MR) is 101 cm³/mol. The van der Waals surface area contributed by atoms with Crippen molar-refractivity contribution in [2.45, 2.75) is 0 Å². The first kappa shape index (κ1) is 20.4. The highest BCUT2D eigenvalue weighted by Crippen LogP contribution is 2.25. The van der Waals surface area contributed by atoms with E-state index < -0.39 is 24.1 Å². The van der Waals surface area contributed by atoms with Gasteiger partial charge in [-0.2, -0.15) is 0 Å². The van der Waals surface area contributed by atoms with Crippen LogP contribution in [0.2, 0.25) is 0 Å². The maximum Gasteiger partial charge on any atom is 0.409 e. The molecule has 0 aliphatic heterocycles. The molecule has 0 aliphatic carbocycles. The van der Waals surface area contributed by atoms with Gasteiger partial charge in [-0.15, -0.1) is 0 Å². The fourth-order valence-corrected chi connectivity index (χ4v) is 2.74. The van der Waals surface area contributed by atoms with Gasteiger partial charge in [0, 0.05) is 8.95 Å². The van der Waals surface area contributed by atoms with Crippen molar-refractivity contribution in [3.8, 4) is 0 Å². The quantitative estimate of drug-likeness (QED) is 0.359. The molecule has 4 N–H and O–H groups in total. The van der Waals surface area contributed by atoms with E-state index in [1.54, 1.807) is 0 Å². The average molecular weight is 502 g/mol. The summed E-state index contributed by atoms with van der Waals surface area (Å²) in [4.78, 5) is 46.4. The Hall–Kier alpha value is -2.92. The molecular weight excluding hydrogens is 492 g/mol. The summed E-state index contributed by atoms with van der Waals surface area (Å²) in [6, 6.07) is 8.17. The van der Waals surface area contributed by atoms with Crippen molar-refractivity contribution in [1.29, 1.82) is 0 Å². The van der Waals surface area contributed by atoms with Crippen molar-refractivity contribution in [3.05, 3.63) is 56.5 Å². The van der Waals surface area contributed by atoms with Gasteiger partial charge in [0.05, 0.1) is 22.5 Å². The van der Waals surface area contributed by atoms with Crippen molar-refractivity contribution in [3.63, 3.8) is 0 Å². The number of amides is 2. The second kappa shape index (κ2) is 8.64. The third-order valence-corrected chi connectivity index (χ3v) is 4.06. The zero-order chi connectivity index (χ0) is 20.1. The minimum Gasteiger partial charge on any atom is -0.465 e. The lowest BCUT2D eigenvalue weighted by Gasteiger charge is -2.11. The van der Waals surface area contributed by atoms with E-state index in [1.165, 1.54) is 36.4 Å². The summed E-state index contributed by atoms with van der Waals surface area (Å²) in [5.74, 6) is -2.24. The van der Waals surface area contributed by atoms with Crippen molar-refractivity contribution >= 4 is 67.4 Å². The Morgan fingerprint density at radius 3 is 1.44 bits per heavy atom. The van der Waals surface area contributed by atoms with Gasteiger partial charge in [-0.1, -0.05) is 31.9 Å². The van der Waals surface area contributed by atoms with E-state index in [-0.39, 0.29) is 22.5 Å². The van der Waals surface area contributed by atoms with Gasteiger partial charge in [-0.05, 0) is 36.4 Å². The molecule has 0 unspecified atom stereocenters. The first-order valence-electron chi connectivity index (χ1n) is 7.03. The second-order valence-electron chi connectivity index (χ2n) is 4.92. The number of carboxylic acid groups (broad SMARTS) is 2. The van der Waals surface area contributed by atoms with Crippen LogP contribution < -0.4 is 10.6 Å². The van der Waals surface area contributed by atoms with Crippen LogP contribution in [0.4, 0.5) is 21.0 Å². The monoisotopic (exact) mass is 500 g/mol. The van der Waals surface area contributed by atoms with Gasteiger partial charge in [0.15, 0.2) is 0 Å². The van der Waals surface area contributed by atoms with E-state index in [0.717, 1.165) is 0 Å². The molecule has 0 bridgehead atoms. The molecule has 27 heavy (non-hydrogen) atoms. The van der Waals surface area contributed by atoms with Crippen LogP contribution in [0.3, 0.4) is 0 Å². The van der Waals surface area contributed by atoms with Crippen LogP contribution in [0.1, 0.15) is 20.7 Å². The van der Waals surface area contributed by atoms with E-state index in [4.69, 9.17) is 14.9 Å². The van der Waals surface area contributed by atoms with Crippen molar-refractivity contribution in [1.82, 2.24) is 0 Å². The lowest BCUT2D eigenvalue weighted by molar-refractivity contribution is 0.0399. The Balaban J connectivity index is 2.33. The first-order valence-corrected chi connectivity index (χ1v) is 8.61. The number of hydrogen-bond acceptors (Lipinski definition) is 5. The molecule has 11 heteroatoms. The number of benzene rings is 2. The molecule has 0 heterocycles. The normalized spacial score (nSPS) is 10.0. The predicted octanol–water partition coefficient (Wildman–Crippen LogP) is 4.39. The maximum atomic E-state index is 12.4. The van der Waals surface area contributed by atoms with Gasteiger partial charge in [0.25, 0.3) is 0 Å². The minimum absolute atomic E-state index is 0.0818. The summed E-state index contributed by atoms with van der Waals surface area (Å²) in [5.41, 5.74) is -0.575. The number of hydrogen-bond donors (Lipinski definition) is 4. The number of halogens is 2. The van der Waals surface area contributed by atoms with Gasteiger partial charge in [-0.25, -0.2) is 19.2 Å². The van der Waals surface area contributed by atoms with Gasteiger partial charge < -0.3 is 14.9 Å². The average Bonchev–Trinajstić information content (AvgIpc) is 2.57. The summed E-state index contributed by atoms with van der Waals surface area (Å²) in [6.07, 6.45) is -2.81. The topological polar surface area (TPSA) is 142 Å². The fourth-order valence-electron chi connectivity index (χ4n) is 2.01. The molecule has 0 aliphatic rings. The summed E-state index contributed by atoms with van der Waals surface area (Å²) in [5, 5.41) is 21.7. The zero-order valence-electron chi connectivity index (χ0n) is 13.2. The lowest BCUT2D eigenvalue weighted by atomic mass is 10.1. The molecule has 2 aromatic rings. The molecular formula is C16H10Br2N2O7. The molecule has 2 amide bonds. The Morgan fingerprint density at radius 1 is 0.741 bits per heavy atom. The Kier molecular flexibility index (Phi) is 6.53. The maximum absolute atomic E-state index is 12.4. The van der Waals surface area contributed by atoms with E-state index in [1.807, 2.05) is 10.6 Å². The Labute approximate surface area is 168 Å². The number of carbonyl (C=O) groups excluding carboxylic acids is 2. The largest absolute Gasteiger partial charge is 0.465 e. The molecule has 0 aromatic heterocycles. The molecule has 140 valence electrons.